The average Bonchev–Trinajstić information content (AvgIpc) is 3.43. The zero-order valence-corrected chi connectivity index (χ0v) is 50.9. The third kappa shape index (κ3) is 42.8. The normalized spacial score (nSPS) is 17.3. The fourth-order valence-electron chi connectivity index (χ4n) is 10.5. The summed E-state index contributed by atoms with van der Waals surface area (Å²) in [6.07, 6.45) is 42.9. The van der Waals surface area contributed by atoms with E-state index in [0.29, 0.717) is 32.1 Å². The maximum absolute atomic E-state index is 14.0. The minimum absolute atomic E-state index is 0.118. The molecule has 1 rings (SSSR count). The molecule has 0 aromatic heterocycles. The summed E-state index contributed by atoms with van der Waals surface area (Å²) in [7, 11) is 0. The second kappa shape index (κ2) is 53.9. The first-order chi connectivity index (χ1) is 37.7. The molecule has 11 heteroatoms. The van der Waals surface area contributed by atoms with E-state index < -0.39 is 60.6 Å². The van der Waals surface area contributed by atoms with Gasteiger partial charge < -0.3 is 28.4 Å². The highest BCUT2D eigenvalue weighted by atomic mass is 16.7. The fourth-order valence-corrected chi connectivity index (χ4v) is 10.5. The number of unbranched alkanes of at least 4 members (excludes halogenated alkanes) is 40. The van der Waals surface area contributed by atoms with E-state index >= 15 is 0 Å². The summed E-state index contributed by atoms with van der Waals surface area (Å²) >= 11 is 0. The number of ether oxygens (including phenoxy) is 6. The third-order valence-electron chi connectivity index (χ3n) is 15.5. The summed E-state index contributed by atoms with van der Waals surface area (Å²) in [6, 6.07) is 0. The molecule has 77 heavy (non-hydrogen) atoms. The zero-order valence-electron chi connectivity index (χ0n) is 50.9. The van der Waals surface area contributed by atoms with Crippen LogP contribution in [0, 0.1) is 0 Å². The van der Waals surface area contributed by atoms with Gasteiger partial charge in [-0.25, -0.2) is 0 Å². The number of hydrogen-bond acceptors (Lipinski definition) is 11. The van der Waals surface area contributed by atoms with Crippen LogP contribution in [0.2, 0.25) is 0 Å². The van der Waals surface area contributed by atoms with Crippen LogP contribution in [-0.2, 0) is 52.4 Å². The predicted molar refractivity (Wildman–Crippen MR) is 315 cm³/mol. The molecule has 0 saturated carbocycles. The maximum Gasteiger partial charge on any atom is 0.308 e. The first-order valence-corrected chi connectivity index (χ1v) is 33.3. The van der Waals surface area contributed by atoms with Gasteiger partial charge in [0.15, 0.2) is 12.2 Å². The van der Waals surface area contributed by atoms with Crippen molar-refractivity contribution in [1.29, 1.82) is 0 Å². The van der Waals surface area contributed by atoms with Crippen molar-refractivity contribution in [3.63, 3.8) is 0 Å². The summed E-state index contributed by atoms with van der Waals surface area (Å²) in [5, 5.41) is 0. The van der Waals surface area contributed by atoms with E-state index in [1.165, 1.54) is 161 Å². The Balaban J connectivity index is 3.43. The summed E-state index contributed by atoms with van der Waals surface area (Å²) in [6.45, 7) is 10.8. The molecule has 1 fully saturated rings. The van der Waals surface area contributed by atoms with E-state index in [2.05, 4.69) is 34.6 Å². The molecule has 0 aromatic rings. The van der Waals surface area contributed by atoms with E-state index in [1.807, 2.05) is 0 Å². The smallest absolute Gasteiger partial charge is 0.308 e. The summed E-state index contributed by atoms with van der Waals surface area (Å²) < 4.78 is 37.3. The first-order valence-electron chi connectivity index (χ1n) is 33.3. The summed E-state index contributed by atoms with van der Waals surface area (Å²) in [5.41, 5.74) is 0. The van der Waals surface area contributed by atoms with E-state index in [1.54, 1.807) is 0 Å². The standard InChI is InChI=1S/C66H122O11/c1-6-11-16-21-26-31-36-41-46-51-58(67)72-56-57-63(74-59(68)52-47-42-37-32-27-22-17-12-7-2)64(75-60(69)53-48-43-38-33-28-23-18-13-8-3)65(76-61(70)54-49-44-39-34-29-24-19-14-9-4)66(73-57)77-62(71)55-50-45-40-35-30-25-20-15-10-5/h57,63-66H,6-56H2,1-5H3/t57-,63+,64+,65-,66-/m1/s1. The lowest BCUT2D eigenvalue weighted by Gasteiger charge is -2.44. The van der Waals surface area contributed by atoms with Crippen LogP contribution in [0.4, 0.5) is 0 Å². The van der Waals surface area contributed by atoms with Crippen LogP contribution in [0.25, 0.3) is 0 Å². The van der Waals surface area contributed by atoms with Gasteiger partial charge in [-0.2, -0.15) is 0 Å². The van der Waals surface area contributed by atoms with Gasteiger partial charge in [-0.05, 0) is 32.1 Å². The van der Waals surface area contributed by atoms with Crippen LogP contribution in [0.1, 0.15) is 356 Å². The molecule has 5 atom stereocenters. The molecule has 11 nitrogen and oxygen atoms in total. The van der Waals surface area contributed by atoms with Crippen molar-refractivity contribution in [3.8, 4) is 0 Å². The largest absolute Gasteiger partial charge is 0.463 e. The molecule has 1 aliphatic heterocycles. The van der Waals surface area contributed by atoms with Gasteiger partial charge in [0, 0.05) is 32.1 Å². The van der Waals surface area contributed by atoms with E-state index in [9.17, 15) is 24.0 Å². The van der Waals surface area contributed by atoms with Gasteiger partial charge in [0.1, 0.15) is 12.7 Å². The minimum Gasteiger partial charge on any atom is -0.463 e. The van der Waals surface area contributed by atoms with Gasteiger partial charge in [-0.3, -0.25) is 24.0 Å². The van der Waals surface area contributed by atoms with Crippen LogP contribution >= 0.6 is 0 Å². The number of carbonyl (C=O) groups excluding carboxylic acids is 5. The van der Waals surface area contributed by atoms with Crippen LogP contribution in [0.3, 0.4) is 0 Å². The topological polar surface area (TPSA) is 141 Å². The van der Waals surface area contributed by atoms with E-state index in [-0.39, 0.29) is 38.7 Å². The van der Waals surface area contributed by atoms with Crippen LogP contribution in [-0.4, -0.2) is 67.2 Å². The molecule has 1 heterocycles. The Kier molecular flexibility index (Phi) is 50.7. The number of hydrogen-bond donors (Lipinski definition) is 0. The molecule has 0 spiro atoms. The molecule has 1 aliphatic rings. The molecule has 0 amide bonds. The average molecular weight is 1090 g/mol. The molecule has 0 unspecified atom stereocenters. The van der Waals surface area contributed by atoms with Crippen molar-refractivity contribution in [3.05, 3.63) is 0 Å². The third-order valence-corrected chi connectivity index (χ3v) is 15.5. The highest BCUT2D eigenvalue weighted by molar-refractivity contribution is 5.72. The van der Waals surface area contributed by atoms with Crippen molar-refractivity contribution in [2.24, 2.45) is 0 Å². The van der Waals surface area contributed by atoms with Gasteiger partial charge in [0.25, 0.3) is 0 Å². The van der Waals surface area contributed by atoms with Crippen LogP contribution in [0.15, 0.2) is 0 Å². The SMILES string of the molecule is CCCCCCCCCCCC(=O)OC[C@H]1O[C@H](OC(=O)CCCCCCCCCCC)[C@H](OC(=O)CCCCCCCCCCC)[C@@H](OC(=O)CCCCCCCCCCC)[C@H]1OC(=O)CCCCCCCCCCC. The first kappa shape index (κ1) is 72.3. The molecular formula is C66H122O11. The van der Waals surface area contributed by atoms with E-state index in [0.717, 1.165) is 96.3 Å². The van der Waals surface area contributed by atoms with Crippen LogP contribution in [0.5, 0.6) is 0 Å². The van der Waals surface area contributed by atoms with Crippen molar-refractivity contribution in [2.45, 2.75) is 386 Å². The lowest BCUT2D eigenvalue weighted by Crippen LogP contribution is -2.63. The minimum atomic E-state index is -1.49. The number of esters is 5. The Hall–Kier alpha value is -2.69. The van der Waals surface area contributed by atoms with Gasteiger partial charge in [-0.1, -0.05) is 291 Å². The second-order valence-corrected chi connectivity index (χ2v) is 23.0. The maximum atomic E-state index is 14.0. The van der Waals surface area contributed by atoms with Gasteiger partial charge in [0.2, 0.25) is 12.4 Å². The number of carbonyl (C=O) groups is 5. The number of rotatable bonds is 56. The van der Waals surface area contributed by atoms with Gasteiger partial charge >= 0.3 is 29.8 Å². The van der Waals surface area contributed by atoms with Crippen molar-refractivity contribution in [1.82, 2.24) is 0 Å². The molecule has 0 radical (unpaired) electrons. The second-order valence-electron chi connectivity index (χ2n) is 23.0. The Bertz CT molecular complexity index is 1390. The highest BCUT2D eigenvalue weighted by Crippen LogP contribution is 2.32. The molecule has 452 valence electrons. The lowest BCUT2D eigenvalue weighted by molar-refractivity contribution is -0.301. The van der Waals surface area contributed by atoms with E-state index in [4.69, 9.17) is 28.4 Å². The van der Waals surface area contributed by atoms with Crippen LogP contribution < -0.4 is 0 Å². The van der Waals surface area contributed by atoms with Crippen molar-refractivity contribution in [2.75, 3.05) is 6.61 Å². The fraction of sp³-hybridized carbons (Fsp3) is 0.924. The molecule has 1 saturated heterocycles. The molecular weight excluding hydrogens is 969 g/mol. The van der Waals surface area contributed by atoms with Gasteiger partial charge in [-0.15, -0.1) is 0 Å². The quantitative estimate of drug-likeness (QED) is 0.0326. The van der Waals surface area contributed by atoms with Gasteiger partial charge in [0.05, 0.1) is 0 Å². The molecule has 0 bridgehead atoms. The lowest BCUT2D eigenvalue weighted by atomic mass is 9.97. The Morgan fingerprint density at radius 3 is 0.766 bits per heavy atom. The molecule has 0 aliphatic carbocycles. The van der Waals surface area contributed by atoms with Crippen molar-refractivity contribution >= 4 is 29.8 Å². The summed E-state index contributed by atoms with van der Waals surface area (Å²) in [4.78, 5) is 69.0. The molecule has 0 N–H and O–H groups in total. The predicted octanol–water partition coefficient (Wildman–Crippen LogP) is 19.1. The monoisotopic (exact) mass is 1090 g/mol. The Morgan fingerprint density at radius 1 is 0.260 bits per heavy atom. The highest BCUT2D eigenvalue weighted by Gasteiger charge is 2.54. The Morgan fingerprint density at radius 2 is 0.481 bits per heavy atom. The van der Waals surface area contributed by atoms with Crippen molar-refractivity contribution < 1.29 is 52.4 Å². The summed E-state index contributed by atoms with van der Waals surface area (Å²) in [5.74, 6) is -2.51. The molecule has 0 aromatic carbocycles. The zero-order chi connectivity index (χ0) is 56.1. The Labute approximate surface area is 473 Å².